The lowest BCUT2D eigenvalue weighted by atomic mass is 10.1. The van der Waals surface area contributed by atoms with Crippen molar-refractivity contribution in [2.45, 2.75) is 109 Å². The van der Waals surface area contributed by atoms with Crippen molar-refractivity contribution in [3.05, 3.63) is 24.3 Å². The number of hydrogen-bond acceptors (Lipinski definition) is 2. The van der Waals surface area contributed by atoms with Crippen molar-refractivity contribution >= 4 is 5.91 Å². The summed E-state index contributed by atoms with van der Waals surface area (Å²) in [4.78, 5) is 14.3. The van der Waals surface area contributed by atoms with Gasteiger partial charge < -0.3 is 10.2 Å². The molecule has 162 valence electrons. The number of nitrogens with zero attached hydrogens (tertiary/aromatic N) is 1. The van der Waals surface area contributed by atoms with Gasteiger partial charge in [0.15, 0.2) is 0 Å². The number of nitrogens with one attached hydrogen (secondary N) is 1. The Bertz CT molecular complexity index is 430. The Morgan fingerprint density at radius 1 is 0.964 bits per heavy atom. The fourth-order valence-electron chi connectivity index (χ4n) is 3.91. The van der Waals surface area contributed by atoms with Gasteiger partial charge in [0, 0.05) is 19.0 Å². The molecule has 0 aromatic heterocycles. The first-order valence-electron chi connectivity index (χ1n) is 12.0. The maximum Gasteiger partial charge on any atom is 0.219 e. The van der Waals surface area contributed by atoms with Crippen molar-refractivity contribution in [1.29, 1.82) is 0 Å². The first-order chi connectivity index (χ1) is 13.7. The molecule has 1 aliphatic heterocycles. The molecule has 28 heavy (non-hydrogen) atoms. The van der Waals surface area contributed by atoms with Crippen molar-refractivity contribution in [2.75, 3.05) is 20.1 Å². The summed E-state index contributed by atoms with van der Waals surface area (Å²) in [7, 11) is 2.20. The van der Waals surface area contributed by atoms with E-state index in [9.17, 15) is 4.79 Å². The van der Waals surface area contributed by atoms with Gasteiger partial charge in [-0.05, 0) is 71.4 Å². The lowest BCUT2D eigenvalue weighted by Gasteiger charge is -2.19. The van der Waals surface area contributed by atoms with Crippen LogP contribution >= 0.6 is 0 Å². The fourth-order valence-corrected chi connectivity index (χ4v) is 3.91. The van der Waals surface area contributed by atoms with E-state index >= 15 is 0 Å². The van der Waals surface area contributed by atoms with Crippen LogP contribution in [-0.4, -0.2) is 37.0 Å². The van der Waals surface area contributed by atoms with E-state index in [2.05, 4.69) is 48.5 Å². The second-order valence-corrected chi connectivity index (χ2v) is 8.40. The monoisotopic (exact) mass is 390 g/mol. The Hall–Kier alpha value is -1.09. The molecule has 0 aromatic carbocycles. The van der Waals surface area contributed by atoms with Crippen molar-refractivity contribution < 1.29 is 4.79 Å². The molecule has 0 spiro atoms. The van der Waals surface area contributed by atoms with Crippen molar-refractivity contribution in [3.63, 3.8) is 0 Å². The Labute approximate surface area is 175 Å². The molecule has 0 aromatic rings. The molecule has 1 unspecified atom stereocenters. The minimum absolute atomic E-state index is 0.242. The average molecular weight is 391 g/mol. The molecule has 1 atom stereocenters. The van der Waals surface area contributed by atoms with Gasteiger partial charge in [-0.25, -0.2) is 0 Å². The van der Waals surface area contributed by atoms with Gasteiger partial charge in [0.1, 0.15) is 0 Å². The topological polar surface area (TPSA) is 32.3 Å². The molecule has 0 aliphatic carbocycles. The lowest BCUT2D eigenvalue weighted by Crippen LogP contribution is -2.31. The van der Waals surface area contributed by atoms with Gasteiger partial charge in [0.25, 0.3) is 0 Å². The summed E-state index contributed by atoms with van der Waals surface area (Å²) in [6.07, 6.45) is 27.2. The summed E-state index contributed by atoms with van der Waals surface area (Å²) >= 11 is 0. The van der Waals surface area contributed by atoms with Crippen LogP contribution in [0, 0.1) is 0 Å². The summed E-state index contributed by atoms with van der Waals surface area (Å²) in [5, 5.41) is 3.10. The molecule has 1 saturated heterocycles. The second kappa shape index (κ2) is 18.0. The minimum Gasteiger partial charge on any atom is -0.356 e. The van der Waals surface area contributed by atoms with E-state index in [0.29, 0.717) is 12.5 Å². The Morgan fingerprint density at radius 2 is 1.64 bits per heavy atom. The van der Waals surface area contributed by atoms with Crippen LogP contribution in [0.1, 0.15) is 103 Å². The summed E-state index contributed by atoms with van der Waals surface area (Å²) in [6.45, 7) is 4.31. The zero-order valence-corrected chi connectivity index (χ0v) is 18.8. The zero-order chi connectivity index (χ0) is 20.3. The van der Waals surface area contributed by atoms with E-state index in [0.717, 1.165) is 25.8 Å². The van der Waals surface area contributed by atoms with E-state index in [-0.39, 0.29) is 5.91 Å². The average Bonchev–Trinajstić information content (AvgIpc) is 3.10. The maximum absolute atomic E-state index is 11.9. The van der Waals surface area contributed by atoms with Crippen LogP contribution in [-0.2, 0) is 4.79 Å². The minimum atomic E-state index is 0.242. The molecule has 3 heteroatoms. The molecule has 0 saturated carbocycles. The van der Waals surface area contributed by atoms with Crippen LogP contribution in [0.2, 0.25) is 0 Å². The quantitative estimate of drug-likeness (QED) is 0.230. The van der Waals surface area contributed by atoms with Gasteiger partial charge in [-0.3, -0.25) is 4.79 Å². The number of rotatable bonds is 17. The number of allylic oxidation sites excluding steroid dienone is 4. The highest BCUT2D eigenvalue weighted by molar-refractivity contribution is 5.75. The molecular weight excluding hydrogens is 344 g/mol. The summed E-state index contributed by atoms with van der Waals surface area (Å²) in [5.41, 5.74) is 0. The van der Waals surface area contributed by atoms with E-state index in [1.54, 1.807) is 0 Å². The molecule has 1 fully saturated rings. The van der Waals surface area contributed by atoms with Crippen molar-refractivity contribution in [2.24, 2.45) is 0 Å². The van der Waals surface area contributed by atoms with Crippen molar-refractivity contribution in [1.82, 2.24) is 10.2 Å². The highest BCUT2D eigenvalue weighted by Gasteiger charge is 2.20. The molecular formula is C25H46N2O. The highest BCUT2D eigenvalue weighted by atomic mass is 16.1. The van der Waals surface area contributed by atoms with Crippen LogP contribution < -0.4 is 5.32 Å². The van der Waals surface area contributed by atoms with Gasteiger partial charge in [-0.1, -0.05) is 63.3 Å². The number of likely N-dealkylation sites (tertiary alicyclic amines) is 1. The van der Waals surface area contributed by atoms with Gasteiger partial charge >= 0.3 is 0 Å². The maximum atomic E-state index is 11.9. The predicted octanol–water partition coefficient (Wildman–Crippen LogP) is 6.40. The number of carbonyl (C=O) groups is 1. The molecule has 3 nitrogen and oxygen atoms in total. The molecule has 1 aliphatic rings. The standard InChI is InChI=1S/C25H46N2O/c1-3-4-5-6-7-8-9-10-11-12-13-14-15-16-17-20-25(28)26-22-21-24-19-18-23-27(24)2/h7-8,10-11,24H,3-6,9,12-23H2,1-2H3,(H,26,28). The third-order valence-corrected chi connectivity index (χ3v) is 5.83. The van der Waals surface area contributed by atoms with Crippen LogP contribution in [0.5, 0.6) is 0 Å². The molecule has 1 amide bonds. The van der Waals surface area contributed by atoms with Gasteiger partial charge in [0.2, 0.25) is 5.91 Å². The summed E-state index contributed by atoms with van der Waals surface area (Å²) in [6, 6.07) is 0.677. The lowest BCUT2D eigenvalue weighted by molar-refractivity contribution is -0.121. The largest absolute Gasteiger partial charge is 0.356 e. The SMILES string of the molecule is CCCCCC=CCC=CCCCCCCCC(=O)NCCC1CCCN1C. The fraction of sp³-hybridized carbons (Fsp3) is 0.800. The molecule has 1 heterocycles. The van der Waals surface area contributed by atoms with Crippen LogP contribution in [0.4, 0.5) is 0 Å². The molecule has 1 N–H and O–H groups in total. The van der Waals surface area contributed by atoms with E-state index < -0.39 is 0 Å². The first-order valence-corrected chi connectivity index (χ1v) is 12.0. The van der Waals surface area contributed by atoms with E-state index in [4.69, 9.17) is 0 Å². The van der Waals surface area contributed by atoms with Gasteiger partial charge in [0.05, 0.1) is 0 Å². The number of hydrogen-bond donors (Lipinski definition) is 1. The third-order valence-electron chi connectivity index (χ3n) is 5.83. The Kier molecular flexibility index (Phi) is 16.0. The Balaban J connectivity index is 1.81. The van der Waals surface area contributed by atoms with Crippen molar-refractivity contribution in [3.8, 4) is 0 Å². The molecule has 0 radical (unpaired) electrons. The third kappa shape index (κ3) is 14.0. The van der Waals surface area contributed by atoms with E-state index in [1.807, 2.05) is 0 Å². The molecule has 1 rings (SSSR count). The van der Waals surface area contributed by atoms with Crippen LogP contribution in [0.15, 0.2) is 24.3 Å². The van der Waals surface area contributed by atoms with Gasteiger partial charge in [-0.2, -0.15) is 0 Å². The highest BCUT2D eigenvalue weighted by Crippen LogP contribution is 2.17. The van der Waals surface area contributed by atoms with E-state index in [1.165, 1.54) is 77.2 Å². The van der Waals surface area contributed by atoms with Gasteiger partial charge in [-0.15, -0.1) is 0 Å². The van der Waals surface area contributed by atoms with Crippen LogP contribution in [0.3, 0.4) is 0 Å². The Morgan fingerprint density at radius 3 is 2.32 bits per heavy atom. The first kappa shape index (κ1) is 24.9. The second-order valence-electron chi connectivity index (χ2n) is 8.40. The zero-order valence-electron chi connectivity index (χ0n) is 18.8. The summed E-state index contributed by atoms with van der Waals surface area (Å²) in [5.74, 6) is 0.242. The normalized spacial score (nSPS) is 17.9. The predicted molar refractivity (Wildman–Crippen MR) is 123 cm³/mol. The smallest absolute Gasteiger partial charge is 0.219 e. The number of amides is 1. The molecule has 0 bridgehead atoms. The van der Waals surface area contributed by atoms with Crippen LogP contribution in [0.25, 0.3) is 0 Å². The summed E-state index contributed by atoms with van der Waals surface area (Å²) < 4.78 is 0. The number of unbranched alkanes of at least 4 members (excludes halogenated alkanes) is 8. The number of carbonyl (C=O) groups excluding carboxylic acids is 1.